The Balaban J connectivity index is 1.39. The average Bonchev–Trinajstić information content (AvgIpc) is 3.10. The van der Waals surface area contributed by atoms with Crippen LogP contribution >= 0.6 is 0 Å². The molecule has 4 rings (SSSR count). The molecule has 12 heteroatoms. The molecule has 1 aliphatic rings. The molecule has 1 fully saturated rings. The van der Waals surface area contributed by atoms with E-state index in [2.05, 4.69) is 20.6 Å². The van der Waals surface area contributed by atoms with Crippen LogP contribution in [0.4, 0.5) is 29.5 Å². The first kappa shape index (κ1) is 23.5. The van der Waals surface area contributed by atoms with Crippen molar-refractivity contribution in [2.75, 3.05) is 16.9 Å². The number of halogens is 3. The highest BCUT2D eigenvalue weighted by Crippen LogP contribution is 2.28. The lowest BCUT2D eigenvalue weighted by Gasteiger charge is -2.18. The number of anilines is 2. The number of urea groups is 1. The fraction of sp³-hybridized carbons (Fsp3) is 0.130. The maximum absolute atomic E-state index is 12.8. The molecule has 0 unspecified atom stereocenters. The van der Waals surface area contributed by atoms with Gasteiger partial charge in [0.15, 0.2) is 0 Å². The van der Waals surface area contributed by atoms with Gasteiger partial charge in [-0.25, -0.2) is 14.7 Å². The van der Waals surface area contributed by atoms with Crippen molar-refractivity contribution in [3.05, 3.63) is 84.1 Å². The summed E-state index contributed by atoms with van der Waals surface area (Å²) in [7, 11) is 0. The minimum Gasteiger partial charge on any atom is -0.406 e. The highest BCUT2D eigenvalue weighted by molar-refractivity contribution is 6.19. The van der Waals surface area contributed by atoms with Gasteiger partial charge in [-0.05, 0) is 54.1 Å². The number of carbonyl (C=O) groups excluding carboxylic acids is 3. The van der Waals surface area contributed by atoms with Gasteiger partial charge in [-0.2, -0.15) is 0 Å². The molecule has 3 aromatic rings. The monoisotopic (exact) mass is 485 g/mol. The van der Waals surface area contributed by atoms with E-state index in [1.165, 1.54) is 23.2 Å². The minimum absolute atomic E-state index is 0.0696. The van der Waals surface area contributed by atoms with Gasteiger partial charge in [0.2, 0.25) is 0 Å². The summed E-state index contributed by atoms with van der Waals surface area (Å²) in [5.74, 6) is -1.03. The zero-order chi connectivity index (χ0) is 25.0. The quantitative estimate of drug-likeness (QED) is 0.391. The molecule has 2 N–H and O–H groups in total. The normalized spacial score (nSPS) is 13.7. The number of ether oxygens (including phenoxy) is 1. The number of benzene rings is 2. The second kappa shape index (κ2) is 9.71. The van der Waals surface area contributed by atoms with E-state index in [9.17, 15) is 27.6 Å². The molecule has 0 saturated carbocycles. The summed E-state index contributed by atoms with van der Waals surface area (Å²) in [5.41, 5.74) is 6.43. The number of nitrogens with zero attached hydrogens (tertiary/aromatic N) is 3. The Morgan fingerprint density at radius 1 is 1.03 bits per heavy atom. The molecule has 0 bridgehead atoms. The molecule has 0 radical (unpaired) electrons. The maximum atomic E-state index is 12.8. The Labute approximate surface area is 197 Å². The molecule has 1 saturated heterocycles. The standard InChI is InChI=1S/C23H18F3N5O4/c24-23(25,26)35-18-8-6-17(7-9-18)31-20(32)14-30(22(31)34)13-15-10-11-27-19(12-15)28-29-21(33)16-4-2-1-3-5-16/h1-12H,13-14H2,(H,27,28)(H,29,33). The van der Waals surface area contributed by atoms with Crippen molar-refractivity contribution in [2.24, 2.45) is 0 Å². The number of hydrogen-bond acceptors (Lipinski definition) is 6. The predicted octanol–water partition coefficient (Wildman–Crippen LogP) is 3.71. The van der Waals surface area contributed by atoms with Crippen LogP contribution in [-0.2, 0) is 11.3 Å². The topological polar surface area (TPSA) is 104 Å². The predicted molar refractivity (Wildman–Crippen MR) is 118 cm³/mol. The van der Waals surface area contributed by atoms with Gasteiger partial charge in [0.05, 0.1) is 5.69 Å². The molecule has 2 aromatic carbocycles. The van der Waals surface area contributed by atoms with Gasteiger partial charge < -0.3 is 9.64 Å². The van der Waals surface area contributed by atoms with E-state index in [-0.39, 0.29) is 24.7 Å². The Morgan fingerprint density at radius 3 is 2.43 bits per heavy atom. The Hall–Kier alpha value is -4.61. The summed E-state index contributed by atoms with van der Waals surface area (Å²) < 4.78 is 40.8. The lowest BCUT2D eigenvalue weighted by molar-refractivity contribution is -0.274. The summed E-state index contributed by atoms with van der Waals surface area (Å²) >= 11 is 0. The molecule has 2 heterocycles. The van der Waals surface area contributed by atoms with Crippen molar-refractivity contribution in [1.82, 2.24) is 15.3 Å². The van der Waals surface area contributed by atoms with Crippen LogP contribution in [0.5, 0.6) is 5.75 Å². The van der Waals surface area contributed by atoms with Crippen molar-refractivity contribution in [3.8, 4) is 5.75 Å². The molecule has 4 amide bonds. The van der Waals surface area contributed by atoms with Crippen molar-refractivity contribution >= 4 is 29.4 Å². The Bertz CT molecular complexity index is 1240. The molecule has 9 nitrogen and oxygen atoms in total. The molecule has 0 atom stereocenters. The number of aromatic nitrogens is 1. The van der Waals surface area contributed by atoms with Crippen molar-refractivity contribution in [3.63, 3.8) is 0 Å². The zero-order valence-electron chi connectivity index (χ0n) is 18.0. The number of hydrogen-bond donors (Lipinski definition) is 2. The Morgan fingerprint density at radius 2 is 1.74 bits per heavy atom. The minimum atomic E-state index is -4.85. The van der Waals surface area contributed by atoms with E-state index in [1.807, 2.05) is 0 Å². The highest BCUT2D eigenvalue weighted by Gasteiger charge is 2.37. The summed E-state index contributed by atoms with van der Waals surface area (Å²) in [5, 5.41) is 0. The van der Waals surface area contributed by atoms with Crippen molar-refractivity contribution in [2.45, 2.75) is 12.9 Å². The Kier molecular flexibility index (Phi) is 6.53. The van der Waals surface area contributed by atoms with Gasteiger partial charge in [-0.15, -0.1) is 13.2 Å². The van der Waals surface area contributed by atoms with E-state index in [0.29, 0.717) is 16.9 Å². The van der Waals surface area contributed by atoms with Crippen LogP contribution in [0.25, 0.3) is 0 Å². The summed E-state index contributed by atoms with van der Waals surface area (Å²) in [6.45, 7) is -0.143. The highest BCUT2D eigenvalue weighted by atomic mass is 19.4. The van der Waals surface area contributed by atoms with Crippen molar-refractivity contribution < 1.29 is 32.3 Å². The fourth-order valence-electron chi connectivity index (χ4n) is 3.37. The van der Waals surface area contributed by atoms with Gasteiger partial charge in [0.1, 0.15) is 18.1 Å². The van der Waals surface area contributed by atoms with Crippen LogP contribution in [0.15, 0.2) is 72.9 Å². The summed E-state index contributed by atoms with van der Waals surface area (Å²) in [6, 6.07) is 15.6. The van der Waals surface area contributed by atoms with Gasteiger partial charge in [0.25, 0.3) is 11.8 Å². The van der Waals surface area contributed by atoms with Gasteiger partial charge in [0, 0.05) is 18.3 Å². The van der Waals surface area contributed by atoms with Crippen LogP contribution in [0, 0.1) is 0 Å². The van der Waals surface area contributed by atoms with Crippen LogP contribution in [0.1, 0.15) is 15.9 Å². The van der Waals surface area contributed by atoms with E-state index < -0.39 is 24.1 Å². The summed E-state index contributed by atoms with van der Waals surface area (Å²) in [4.78, 5) is 43.7. The van der Waals surface area contributed by atoms with Gasteiger partial charge >= 0.3 is 12.4 Å². The number of imide groups is 1. The van der Waals surface area contributed by atoms with Crippen LogP contribution < -0.4 is 20.5 Å². The number of hydrazine groups is 1. The SMILES string of the molecule is O=C(NNc1cc(CN2CC(=O)N(c3ccc(OC(F)(F)F)cc3)C2=O)ccn1)c1ccccc1. The number of nitrogens with one attached hydrogen (secondary N) is 2. The first-order chi connectivity index (χ1) is 16.7. The van der Waals surface area contributed by atoms with E-state index in [1.54, 1.807) is 42.5 Å². The van der Waals surface area contributed by atoms with E-state index in [4.69, 9.17) is 0 Å². The number of pyridine rings is 1. The fourth-order valence-corrected chi connectivity index (χ4v) is 3.37. The molecular weight excluding hydrogens is 467 g/mol. The molecule has 1 aromatic heterocycles. The van der Waals surface area contributed by atoms with Crippen molar-refractivity contribution in [1.29, 1.82) is 0 Å². The third-order valence-electron chi connectivity index (χ3n) is 4.90. The molecule has 0 aliphatic carbocycles. The van der Waals surface area contributed by atoms with Crippen LogP contribution in [0.3, 0.4) is 0 Å². The summed E-state index contributed by atoms with van der Waals surface area (Å²) in [6.07, 6.45) is -3.37. The number of carbonyl (C=O) groups is 3. The lowest BCUT2D eigenvalue weighted by atomic mass is 10.2. The smallest absolute Gasteiger partial charge is 0.406 e. The zero-order valence-corrected chi connectivity index (χ0v) is 18.0. The molecule has 0 spiro atoms. The molecular formula is C23H18F3N5O4. The first-order valence-electron chi connectivity index (χ1n) is 10.2. The van der Waals surface area contributed by atoms with E-state index in [0.717, 1.165) is 17.0 Å². The third kappa shape index (κ3) is 5.85. The van der Waals surface area contributed by atoms with Gasteiger partial charge in [-0.1, -0.05) is 18.2 Å². The first-order valence-corrected chi connectivity index (χ1v) is 10.2. The number of rotatable bonds is 7. The van der Waals surface area contributed by atoms with Crippen LogP contribution in [-0.4, -0.2) is 40.6 Å². The number of amides is 4. The average molecular weight is 485 g/mol. The van der Waals surface area contributed by atoms with E-state index >= 15 is 0 Å². The number of alkyl halides is 3. The second-order valence-corrected chi connectivity index (χ2v) is 7.40. The molecule has 180 valence electrons. The van der Waals surface area contributed by atoms with Crippen LogP contribution in [0.2, 0.25) is 0 Å². The lowest BCUT2D eigenvalue weighted by Crippen LogP contribution is -2.33. The second-order valence-electron chi connectivity index (χ2n) is 7.40. The maximum Gasteiger partial charge on any atom is 0.573 e. The third-order valence-corrected chi connectivity index (χ3v) is 4.90. The molecule has 35 heavy (non-hydrogen) atoms. The largest absolute Gasteiger partial charge is 0.573 e. The van der Waals surface area contributed by atoms with Gasteiger partial charge in [-0.3, -0.25) is 20.4 Å². The molecule has 1 aliphatic heterocycles.